The molecule has 2 aromatic rings. The molecular weight excluding hydrogens is 452 g/mol. The molecular formula is C23H27ClN2O5S. The molecule has 0 radical (unpaired) electrons. The number of nitrogens with zero attached hydrogens (tertiary/aromatic N) is 1. The van der Waals surface area contributed by atoms with Crippen LogP contribution < -0.4 is 9.46 Å². The van der Waals surface area contributed by atoms with E-state index in [0.717, 1.165) is 37.0 Å². The third-order valence-corrected chi connectivity index (χ3v) is 7.89. The zero-order valence-electron chi connectivity index (χ0n) is 17.9. The Hall–Kier alpha value is -2.13. The molecule has 0 spiro atoms. The number of rotatable bonds is 7. The minimum atomic E-state index is -3.88. The van der Waals surface area contributed by atoms with Crippen LogP contribution in [-0.4, -0.2) is 52.1 Å². The van der Waals surface area contributed by atoms with Crippen LogP contribution in [0, 0.1) is 0 Å². The van der Waals surface area contributed by atoms with E-state index >= 15 is 0 Å². The molecule has 0 saturated carbocycles. The van der Waals surface area contributed by atoms with Gasteiger partial charge in [-0.25, -0.2) is 13.1 Å². The van der Waals surface area contributed by atoms with Crippen molar-refractivity contribution in [2.75, 3.05) is 26.8 Å². The van der Waals surface area contributed by atoms with E-state index < -0.39 is 10.0 Å². The number of likely N-dealkylation sites (tertiary alicyclic amines) is 1. The summed E-state index contributed by atoms with van der Waals surface area (Å²) < 4.78 is 39.1. The van der Waals surface area contributed by atoms with Gasteiger partial charge in [0.2, 0.25) is 10.0 Å². The molecule has 0 aliphatic carbocycles. The Kier molecular flexibility index (Phi) is 7.05. The number of carbonyl (C=O) groups excluding carboxylic acids is 1. The van der Waals surface area contributed by atoms with E-state index in [0.29, 0.717) is 18.7 Å². The molecule has 2 unspecified atom stereocenters. The smallest absolute Gasteiger partial charge is 0.254 e. The van der Waals surface area contributed by atoms with E-state index in [2.05, 4.69) is 4.72 Å². The standard InChI is InChI=1S/C23H27ClN2O5S/c1-30-18-6-2-5-16(13-18)21-8-3-11-26(21)23(27)17-9-10-20(24)22(14-17)32(28,29)25-15-19-7-4-12-31-19/h2,5-6,9-10,13-14,19,21,25H,3-4,7-8,11-12,15H2,1H3. The SMILES string of the molecule is COc1cccc(C2CCCN2C(=O)c2ccc(Cl)c(S(=O)(=O)NCC3CCCO3)c2)c1. The van der Waals surface area contributed by atoms with E-state index in [1.807, 2.05) is 24.3 Å². The Morgan fingerprint density at radius 2 is 2.06 bits per heavy atom. The number of amides is 1. The lowest BCUT2D eigenvalue weighted by Gasteiger charge is -2.26. The van der Waals surface area contributed by atoms with Gasteiger partial charge in [-0.2, -0.15) is 0 Å². The number of hydrogen-bond acceptors (Lipinski definition) is 5. The highest BCUT2D eigenvalue weighted by atomic mass is 35.5. The van der Waals surface area contributed by atoms with Gasteiger partial charge in [0.05, 0.1) is 24.3 Å². The molecule has 32 heavy (non-hydrogen) atoms. The van der Waals surface area contributed by atoms with Gasteiger partial charge in [-0.15, -0.1) is 0 Å². The van der Waals surface area contributed by atoms with Crippen molar-refractivity contribution in [3.63, 3.8) is 0 Å². The number of halogens is 1. The van der Waals surface area contributed by atoms with Gasteiger partial charge < -0.3 is 14.4 Å². The molecule has 2 heterocycles. The van der Waals surface area contributed by atoms with Crippen LogP contribution in [0.1, 0.15) is 47.6 Å². The normalized spacial score (nSPS) is 21.1. The summed E-state index contributed by atoms with van der Waals surface area (Å²) in [6.07, 6.45) is 3.30. The van der Waals surface area contributed by atoms with Crippen LogP contribution in [0.2, 0.25) is 5.02 Å². The third kappa shape index (κ3) is 4.93. The molecule has 9 heteroatoms. The van der Waals surface area contributed by atoms with Crippen molar-refractivity contribution in [3.8, 4) is 5.75 Å². The van der Waals surface area contributed by atoms with Gasteiger partial charge in [0.15, 0.2) is 0 Å². The molecule has 0 aromatic heterocycles. The van der Waals surface area contributed by atoms with Crippen molar-refractivity contribution in [2.24, 2.45) is 0 Å². The van der Waals surface area contributed by atoms with Crippen LogP contribution in [-0.2, 0) is 14.8 Å². The first-order valence-corrected chi connectivity index (χ1v) is 12.6. The summed E-state index contributed by atoms with van der Waals surface area (Å²) in [5, 5.41) is 0.0761. The maximum absolute atomic E-state index is 13.4. The lowest BCUT2D eigenvalue weighted by molar-refractivity contribution is 0.0735. The Bertz CT molecular complexity index is 1090. The Labute approximate surface area is 193 Å². The highest BCUT2D eigenvalue weighted by Gasteiger charge is 2.32. The van der Waals surface area contributed by atoms with Crippen LogP contribution >= 0.6 is 11.6 Å². The largest absolute Gasteiger partial charge is 0.497 e. The van der Waals surface area contributed by atoms with Crippen molar-refractivity contribution in [1.29, 1.82) is 0 Å². The average Bonchev–Trinajstić information content (AvgIpc) is 3.50. The second-order valence-corrected chi connectivity index (χ2v) is 10.2. The number of ether oxygens (including phenoxy) is 2. The molecule has 4 rings (SSSR count). The number of hydrogen-bond donors (Lipinski definition) is 1. The van der Waals surface area contributed by atoms with Gasteiger partial charge in [0.1, 0.15) is 10.6 Å². The van der Waals surface area contributed by atoms with Crippen LogP contribution in [0.25, 0.3) is 0 Å². The first-order chi connectivity index (χ1) is 15.4. The number of nitrogens with one attached hydrogen (secondary N) is 1. The second-order valence-electron chi connectivity index (χ2n) is 8.07. The number of sulfonamides is 1. The van der Waals surface area contributed by atoms with Gasteiger partial charge in [-0.3, -0.25) is 4.79 Å². The molecule has 1 N–H and O–H groups in total. The summed E-state index contributed by atoms with van der Waals surface area (Å²) in [4.78, 5) is 15.0. The molecule has 2 aromatic carbocycles. The molecule has 2 fully saturated rings. The summed E-state index contributed by atoms with van der Waals surface area (Å²) in [5.74, 6) is 0.515. The first-order valence-electron chi connectivity index (χ1n) is 10.7. The molecule has 2 saturated heterocycles. The Morgan fingerprint density at radius 1 is 1.22 bits per heavy atom. The summed E-state index contributed by atoms with van der Waals surface area (Å²) in [5.41, 5.74) is 1.29. The van der Waals surface area contributed by atoms with Crippen molar-refractivity contribution < 1.29 is 22.7 Å². The summed E-state index contributed by atoms with van der Waals surface area (Å²) >= 11 is 6.21. The summed E-state index contributed by atoms with van der Waals surface area (Å²) in [6, 6.07) is 12.0. The third-order valence-electron chi connectivity index (χ3n) is 5.98. The van der Waals surface area contributed by atoms with E-state index in [9.17, 15) is 13.2 Å². The lowest BCUT2D eigenvalue weighted by Crippen LogP contribution is -2.33. The zero-order valence-corrected chi connectivity index (χ0v) is 19.5. The van der Waals surface area contributed by atoms with Crippen LogP contribution in [0.5, 0.6) is 5.75 Å². The first kappa shape index (κ1) is 23.0. The minimum Gasteiger partial charge on any atom is -0.497 e. The number of carbonyl (C=O) groups is 1. The Morgan fingerprint density at radius 3 is 2.81 bits per heavy atom. The topological polar surface area (TPSA) is 84.9 Å². The maximum atomic E-state index is 13.4. The fraction of sp³-hybridized carbons (Fsp3) is 0.435. The van der Waals surface area contributed by atoms with Gasteiger partial charge >= 0.3 is 0 Å². The quantitative estimate of drug-likeness (QED) is 0.654. The van der Waals surface area contributed by atoms with Gasteiger partial charge in [0, 0.05) is 25.3 Å². The van der Waals surface area contributed by atoms with Crippen molar-refractivity contribution >= 4 is 27.5 Å². The van der Waals surface area contributed by atoms with Gasteiger partial charge in [-0.05, 0) is 61.6 Å². The molecule has 1 amide bonds. The van der Waals surface area contributed by atoms with Gasteiger partial charge in [0.25, 0.3) is 5.91 Å². The van der Waals surface area contributed by atoms with E-state index in [4.69, 9.17) is 21.1 Å². The molecule has 2 aliphatic heterocycles. The van der Waals surface area contributed by atoms with E-state index in [1.165, 1.54) is 12.1 Å². The average molecular weight is 479 g/mol. The van der Waals surface area contributed by atoms with Crippen molar-refractivity contribution in [1.82, 2.24) is 9.62 Å². The minimum absolute atomic E-state index is 0.0761. The van der Waals surface area contributed by atoms with E-state index in [-0.39, 0.29) is 34.5 Å². The summed E-state index contributed by atoms with van der Waals surface area (Å²) in [7, 11) is -2.27. The highest BCUT2D eigenvalue weighted by molar-refractivity contribution is 7.89. The predicted octanol–water partition coefficient (Wildman–Crippen LogP) is 3.78. The van der Waals surface area contributed by atoms with E-state index in [1.54, 1.807) is 18.1 Å². The van der Waals surface area contributed by atoms with Crippen LogP contribution in [0.4, 0.5) is 0 Å². The molecule has 2 atom stereocenters. The van der Waals surface area contributed by atoms with Crippen LogP contribution in [0.3, 0.4) is 0 Å². The number of benzene rings is 2. The number of methoxy groups -OCH3 is 1. The zero-order chi connectivity index (χ0) is 22.7. The van der Waals surface area contributed by atoms with Crippen molar-refractivity contribution in [3.05, 3.63) is 58.6 Å². The Balaban J connectivity index is 1.56. The fourth-order valence-corrected chi connectivity index (χ4v) is 5.89. The molecule has 2 aliphatic rings. The predicted molar refractivity (Wildman–Crippen MR) is 122 cm³/mol. The maximum Gasteiger partial charge on any atom is 0.254 e. The second kappa shape index (κ2) is 9.79. The lowest BCUT2D eigenvalue weighted by atomic mass is 10.0. The summed E-state index contributed by atoms with van der Waals surface area (Å²) in [6.45, 7) is 1.42. The van der Waals surface area contributed by atoms with Crippen molar-refractivity contribution in [2.45, 2.75) is 42.7 Å². The molecule has 0 bridgehead atoms. The highest BCUT2D eigenvalue weighted by Crippen LogP contribution is 2.35. The van der Waals surface area contributed by atoms with Gasteiger partial charge in [-0.1, -0.05) is 23.7 Å². The van der Waals surface area contributed by atoms with Crippen LogP contribution in [0.15, 0.2) is 47.4 Å². The monoisotopic (exact) mass is 478 g/mol. The fourth-order valence-electron chi connectivity index (χ4n) is 4.30. The molecule has 7 nitrogen and oxygen atoms in total. The molecule has 172 valence electrons.